The van der Waals surface area contributed by atoms with Crippen LogP contribution in [0.15, 0.2) is 41.0 Å². The molecule has 2 N–H and O–H groups in total. The Kier molecular flexibility index (Phi) is 9.16. The van der Waals surface area contributed by atoms with E-state index in [9.17, 15) is 9.59 Å². The number of carbonyl (C=O) groups excluding carboxylic acids is 2. The summed E-state index contributed by atoms with van der Waals surface area (Å²) in [5, 5.41) is 5.92. The van der Waals surface area contributed by atoms with E-state index >= 15 is 0 Å². The first-order chi connectivity index (χ1) is 14.7. The minimum Gasteiger partial charge on any atom is -0.467 e. The lowest BCUT2D eigenvalue weighted by atomic mass is 9.92. The van der Waals surface area contributed by atoms with Gasteiger partial charge in [0.25, 0.3) is 5.91 Å². The number of amides is 2. The Balaban J connectivity index is 2.35. The smallest absolute Gasteiger partial charge is 0.253 e. The first-order valence-electron chi connectivity index (χ1n) is 11.2. The molecule has 31 heavy (non-hydrogen) atoms. The molecule has 6 heteroatoms. The van der Waals surface area contributed by atoms with E-state index in [1.54, 1.807) is 12.3 Å². The Morgan fingerprint density at radius 1 is 1.10 bits per heavy atom. The molecule has 0 atom stereocenters. The number of furan rings is 1. The monoisotopic (exact) mass is 427 g/mol. The van der Waals surface area contributed by atoms with E-state index in [0.717, 1.165) is 37.3 Å². The lowest BCUT2D eigenvalue weighted by molar-refractivity contribution is -0.117. The van der Waals surface area contributed by atoms with Gasteiger partial charge in [0.2, 0.25) is 5.91 Å². The van der Waals surface area contributed by atoms with Crippen LogP contribution in [-0.2, 0) is 11.3 Å². The number of benzene rings is 1. The van der Waals surface area contributed by atoms with Gasteiger partial charge in [-0.2, -0.15) is 0 Å². The Morgan fingerprint density at radius 3 is 2.48 bits per heavy atom. The number of hydrogen-bond donors (Lipinski definition) is 2. The van der Waals surface area contributed by atoms with Gasteiger partial charge in [-0.15, -0.1) is 0 Å². The molecule has 0 aliphatic heterocycles. The fraction of sp³-hybridized carbons (Fsp3) is 0.520. The molecule has 0 fully saturated rings. The molecule has 0 saturated heterocycles. The predicted octanol–water partition coefficient (Wildman–Crippen LogP) is 5.60. The third-order valence-corrected chi connectivity index (χ3v) is 4.80. The lowest BCUT2D eigenvalue weighted by Gasteiger charge is -2.26. The Bertz CT molecular complexity index is 838. The van der Waals surface area contributed by atoms with E-state index in [1.165, 1.54) is 0 Å². The molecule has 0 unspecified atom stereocenters. The number of nitrogens with one attached hydrogen (secondary N) is 2. The van der Waals surface area contributed by atoms with Crippen molar-refractivity contribution >= 4 is 23.2 Å². The third-order valence-electron chi connectivity index (χ3n) is 4.80. The topological polar surface area (TPSA) is 74.6 Å². The Hall–Kier alpha value is -2.76. The summed E-state index contributed by atoms with van der Waals surface area (Å²) in [6.45, 7) is 12.2. The van der Waals surface area contributed by atoms with Gasteiger partial charge in [0, 0.05) is 25.2 Å². The first-order valence-corrected chi connectivity index (χ1v) is 11.2. The third kappa shape index (κ3) is 8.12. The lowest BCUT2D eigenvalue weighted by Crippen LogP contribution is -2.30. The van der Waals surface area contributed by atoms with Crippen molar-refractivity contribution in [3.63, 3.8) is 0 Å². The van der Waals surface area contributed by atoms with Gasteiger partial charge < -0.3 is 20.0 Å². The molecule has 0 spiro atoms. The summed E-state index contributed by atoms with van der Waals surface area (Å²) in [5.74, 6) is 0.655. The van der Waals surface area contributed by atoms with Gasteiger partial charge in [0.05, 0.1) is 24.1 Å². The second kappa shape index (κ2) is 11.6. The van der Waals surface area contributed by atoms with Crippen molar-refractivity contribution in [1.82, 2.24) is 5.32 Å². The highest BCUT2D eigenvalue weighted by molar-refractivity contribution is 6.02. The van der Waals surface area contributed by atoms with Crippen LogP contribution in [-0.4, -0.2) is 24.9 Å². The normalized spacial score (nSPS) is 11.3. The summed E-state index contributed by atoms with van der Waals surface area (Å²) < 4.78 is 5.55. The predicted molar refractivity (Wildman–Crippen MR) is 126 cm³/mol. The van der Waals surface area contributed by atoms with Crippen LogP contribution in [0.1, 0.15) is 76.4 Å². The largest absolute Gasteiger partial charge is 0.467 e. The number of rotatable bonds is 11. The van der Waals surface area contributed by atoms with Crippen LogP contribution in [0.25, 0.3) is 0 Å². The van der Waals surface area contributed by atoms with Crippen molar-refractivity contribution in [2.75, 3.05) is 23.3 Å². The molecular weight excluding hydrogens is 390 g/mol. The SMILES string of the molecule is CCCCN(Cc1ccco1)c1ccc(NC(=O)CC(C)(C)C)cc1C(=O)NCCC. The molecule has 1 heterocycles. The van der Waals surface area contributed by atoms with Crippen molar-refractivity contribution in [1.29, 1.82) is 0 Å². The number of hydrogen-bond acceptors (Lipinski definition) is 4. The Morgan fingerprint density at radius 2 is 1.87 bits per heavy atom. The number of anilines is 2. The molecular formula is C25H37N3O3. The average Bonchev–Trinajstić information content (AvgIpc) is 3.21. The summed E-state index contributed by atoms with van der Waals surface area (Å²) in [6, 6.07) is 9.38. The minimum absolute atomic E-state index is 0.0569. The molecule has 0 saturated carbocycles. The van der Waals surface area contributed by atoms with E-state index in [1.807, 2.05) is 52.0 Å². The van der Waals surface area contributed by atoms with E-state index < -0.39 is 0 Å². The minimum atomic E-state index is -0.135. The highest BCUT2D eigenvalue weighted by Crippen LogP contribution is 2.28. The molecule has 2 aromatic rings. The van der Waals surface area contributed by atoms with Gasteiger partial charge >= 0.3 is 0 Å². The van der Waals surface area contributed by atoms with Gasteiger partial charge in [0.15, 0.2) is 0 Å². The van der Waals surface area contributed by atoms with Crippen LogP contribution in [0.5, 0.6) is 0 Å². The van der Waals surface area contributed by atoms with Crippen LogP contribution in [0.4, 0.5) is 11.4 Å². The maximum Gasteiger partial charge on any atom is 0.253 e. The fourth-order valence-electron chi connectivity index (χ4n) is 3.32. The van der Waals surface area contributed by atoms with E-state index in [0.29, 0.717) is 30.8 Å². The summed E-state index contributed by atoms with van der Waals surface area (Å²) in [6.07, 6.45) is 4.98. The highest BCUT2D eigenvalue weighted by atomic mass is 16.3. The van der Waals surface area contributed by atoms with Crippen LogP contribution < -0.4 is 15.5 Å². The zero-order valence-electron chi connectivity index (χ0n) is 19.6. The number of unbranched alkanes of at least 4 members (excludes halogenated alkanes) is 1. The van der Waals surface area contributed by atoms with Crippen LogP contribution in [0.2, 0.25) is 0 Å². The molecule has 2 amide bonds. The number of carbonyl (C=O) groups is 2. The van der Waals surface area contributed by atoms with Crippen molar-refractivity contribution in [2.45, 2.75) is 66.8 Å². The molecule has 170 valence electrons. The summed E-state index contributed by atoms with van der Waals surface area (Å²) in [7, 11) is 0. The standard InChI is InChI=1S/C25H37N3O3/c1-6-8-14-28(18-20-10-9-15-31-20)22-12-11-19(27-23(29)17-25(3,4)5)16-21(22)24(30)26-13-7-2/h9-12,15-16H,6-8,13-14,17-18H2,1-5H3,(H,26,30)(H,27,29). The van der Waals surface area contributed by atoms with Crippen LogP contribution >= 0.6 is 0 Å². The van der Waals surface area contributed by atoms with Crippen LogP contribution in [0.3, 0.4) is 0 Å². The first kappa shape index (κ1) is 24.5. The van der Waals surface area contributed by atoms with Gasteiger partial charge in [0.1, 0.15) is 5.76 Å². The van der Waals surface area contributed by atoms with E-state index in [4.69, 9.17) is 4.42 Å². The van der Waals surface area contributed by atoms with E-state index in [2.05, 4.69) is 22.5 Å². The van der Waals surface area contributed by atoms with Crippen molar-refractivity contribution in [3.8, 4) is 0 Å². The summed E-state index contributed by atoms with van der Waals surface area (Å²) >= 11 is 0. The Labute approximate surface area is 186 Å². The van der Waals surface area contributed by atoms with Crippen molar-refractivity contribution < 1.29 is 14.0 Å². The van der Waals surface area contributed by atoms with Gasteiger partial charge in [-0.05, 0) is 48.6 Å². The highest BCUT2D eigenvalue weighted by Gasteiger charge is 2.20. The molecule has 0 aliphatic carbocycles. The average molecular weight is 428 g/mol. The molecule has 1 aromatic heterocycles. The molecule has 0 aliphatic rings. The molecule has 6 nitrogen and oxygen atoms in total. The fourth-order valence-corrected chi connectivity index (χ4v) is 3.32. The van der Waals surface area contributed by atoms with E-state index in [-0.39, 0.29) is 17.2 Å². The van der Waals surface area contributed by atoms with Gasteiger partial charge in [-0.3, -0.25) is 9.59 Å². The van der Waals surface area contributed by atoms with Crippen molar-refractivity contribution in [2.24, 2.45) is 5.41 Å². The van der Waals surface area contributed by atoms with Gasteiger partial charge in [-0.25, -0.2) is 0 Å². The number of nitrogens with zero attached hydrogens (tertiary/aromatic N) is 1. The van der Waals surface area contributed by atoms with Crippen molar-refractivity contribution in [3.05, 3.63) is 47.9 Å². The van der Waals surface area contributed by atoms with Crippen LogP contribution in [0, 0.1) is 5.41 Å². The molecule has 0 bridgehead atoms. The molecule has 1 aromatic carbocycles. The maximum absolute atomic E-state index is 13.0. The second-order valence-electron chi connectivity index (χ2n) is 9.13. The summed E-state index contributed by atoms with van der Waals surface area (Å²) in [5.41, 5.74) is 1.93. The molecule has 0 radical (unpaired) electrons. The maximum atomic E-state index is 13.0. The zero-order valence-corrected chi connectivity index (χ0v) is 19.6. The summed E-state index contributed by atoms with van der Waals surface area (Å²) in [4.78, 5) is 27.6. The zero-order chi connectivity index (χ0) is 22.9. The quantitative estimate of drug-likeness (QED) is 0.489. The van der Waals surface area contributed by atoms with Gasteiger partial charge in [-0.1, -0.05) is 41.0 Å². The second-order valence-corrected chi connectivity index (χ2v) is 9.13. The molecule has 2 rings (SSSR count).